The minimum Gasteiger partial charge on any atom is -0.454 e. The van der Waals surface area contributed by atoms with Crippen LogP contribution in [0.5, 0.6) is 11.5 Å². The minimum absolute atomic E-state index is 0.156. The number of rotatable bonds is 4. The molecule has 1 aliphatic rings. The number of hydrogen-bond acceptors (Lipinski definition) is 4. The summed E-state index contributed by atoms with van der Waals surface area (Å²) in [7, 11) is 0. The van der Waals surface area contributed by atoms with E-state index in [1.54, 1.807) is 30.3 Å². The summed E-state index contributed by atoms with van der Waals surface area (Å²) in [6.45, 7) is 2.07. The van der Waals surface area contributed by atoms with Crippen molar-refractivity contribution in [1.82, 2.24) is 5.43 Å². The minimum atomic E-state index is -0.351. The molecule has 0 aromatic heterocycles. The Hall–Kier alpha value is -2.89. The molecular weight excluding hydrogens is 299 g/mol. The summed E-state index contributed by atoms with van der Waals surface area (Å²) in [5.41, 5.74) is 4.37. The van der Waals surface area contributed by atoms with Crippen molar-refractivity contribution in [2.24, 2.45) is 5.10 Å². The van der Waals surface area contributed by atoms with Gasteiger partial charge in [0, 0.05) is 5.56 Å². The molecule has 118 valence electrons. The Morgan fingerprint density at radius 3 is 2.57 bits per heavy atom. The number of hydrazone groups is 1. The first kappa shape index (κ1) is 15.0. The zero-order chi connectivity index (χ0) is 16.2. The van der Waals surface area contributed by atoms with E-state index in [1.807, 2.05) is 6.92 Å². The number of amides is 1. The summed E-state index contributed by atoms with van der Waals surface area (Å²) in [6.07, 6.45) is 0.604. The summed E-state index contributed by atoms with van der Waals surface area (Å²) < 4.78 is 23.4. The van der Waals surface area contributed by atoms with Gasteiger partial charge in [0.05, 0.1) is 5.71 Å². The highest BCUT2D eigenvalue weighted by molar-refractivity contribution is 6.02. The molecule has 6 heteroatoms. The standard InChI is InChI=1S/C17H15FN2O3/c1-2-14(11-3-6-13(18)7-4-11)19-20-17(21)12-5-8-15-16(9-12)23-10-22-15/h3-9H,2,10H2,1H3,(H,20,21)/b19-14-. The van der Waals surface area contributed by atoms with Gasteiger partial charge in [0.2, 0.25) is 6.79 Å². The fraction of sp³-hybridized carbons (Fsp3) is 0.176. The third kappa shape index (κ3) is 3.31. The van der Waals surface area contributed by atoms with Crippen LogP contribution in [0.4, 0.5) is 4.39 Å². The van der Waals surface area contributed by atoms with Crippen LogP contribution in [-0.2, 0) is 0 Å². The van der Waals surface area contributed by atoms with Gasteiger partial charge in [-0.3, -0.25) is 4.79 Å². The molecule has 0 bridgehead atoms. The zero-order valence-electron chi connectivity index (χ0n) is 12.5. The van der Waals surface area contributed by atoms with Crippen LogP contribution in [0.3, 0.4) is 0 Å². The number of carbonyl (C=O) groups is 1. The van der Waals surface area contributed by atoms with Crippen LogP contribution in [0.25, 0.3) is 0 Å². The first-order chi connectivity index (χ1) is 11.2. The van der Waals surface area contributed by atoms with E-state index in [4.69, 9.17) is 9.47 Å². The Morgan fingerprint density at radius 2 is 1.83 bits per heavy atom. The Bertz CT molecular complexity index is 757. The fourth-order valence-electron chi connectivity index (χ4n) is 2.21. The van der Waals surface area contributed by atoms with Gasteiger partial charge in [-0.2, -0.15) is 5.10 Å². The molecular formula is C17H15FN2O3. The molecule has 5 nitrogen and oxygen atoms in total. The van der Waals surface area contributed by atoms with Gasteiger partial charge in [0.15, 0.2) is 11.5 Å². The second-order valence-electron chi connectivity index (χ2n) is 4.93. The van der Waals surface area contributed by atoms with Crippen molar-refractivity contribution in [1.29, 1.82) is 0 Å². The van der Waals surface area contributed by atoms with Crippen LogP contribution in [0.1, 0.15) is 29.3 Å². The summed E-state index contributed by atoms with van der Waals surface area (Å²) in [6, 6.07) is 10.9. The van der Waals surface area contributed by atoms with Gasteiger partial charge in [0.25, 0.3) is 5.91 Å². The molecule has 0 unspecified atom stereocenters. The van der Waals surface area contributed by atoms with Crippen molar-refractivity contribution in [3.05, 3.63) is 59.4 Å². The Morgan fingerprint density at radius 1 is 1.13 bits per heavy atom. The number of hydrogen-bond donors (Lipinski definition) is 1. The third-order valence-corrected chi connectivity index (χ3v) is 3.44. The molecule has 1 amide bonds. The maximum Gasteiger partial charge on any atom is 0.271 e. The molecule has 1 N–H and O–H groups in total. The molecule has 2 aromatic carbocycles. The SMILES string of the molecule is CC/C(=N/NC(=O)c1ccc2c(c1)OCO2)c1ccc(F)cc1. The lowest BCUT2D eigenvalue weighted by atomic mass is 10.1. The normalized spacial score (nSPS) is 13.0. The number of halogens is 1. The molecule has 2 aromatic rings. The topological polar surface area (TPSA) is 59.9 Å². The Labute approximate surface area is 132 Å². The average Bonchev–Trinajstić information content (AvgIpc) is 3.04. The van der Waals surface area contributed by atoms with E-state index in [0.717, 1.165) is 5.56 Å². The number of ether oxygens (including phenoxy) is 2. The van der Waals surface area contributed by atoms with Gasteiger partial charge in [-0.05, 0) is 42.3 Å². The molecule has 0 saturated carbocycles. The van der Waals surface area contributed by atoms with E-state index in [0.29, 0.717) is 29.2 Å². The van der Waals surface area contributed by atoms with Gasteiger partial charge in [0.1, 0.15) is 5.82 Å². The average molecular weight is 314 g/mol. The second-order valence-corrected chi connectivity index (χ2v) is 4.93. The molecule has 0 radical (unpaired) electrons. The van der Waals surface area contributed by atoms with Gasteiger partial charge in [-0.1, -0.05) is 19.1 Å². The highest BCUT2D eigenvalue weighted by atomic mass is 19.1. The van der Waals surface area contributed by atoms with Gasteiger partial charge >= 0.3 is 0 Å². The summed E-state index contributed by atoms with van der Waals surface area (Å²) in [4.78, 5) is 12.2. The second kappa shape index (κ2) is 6.48. The lowest BCUT2D eigenvalue weighted by Crippen LogP contribution is -2.20. The van der Waals surface area contributed by atoms with Crippen LogP contribution in [-0.4, -0.2) is 18.4 Å². The van der Waals surface area contributed by atoms with E-state index < -0.39 is 0 Å². The lowest BCUT2D eigenvalue weighted by Gasteiger charge is -2.06. The molecule has 1 heterocycles. The Balaban J connectivity index is 1.75. The number of nitrogens with zero attached hydrogens (tertiary/aromatic N) is 1. The van der Waals surface area contributed by atoms with Gasteiger partial charge < -0.3 is 9.47 Å². The van der Waals surface area contributed by atoms with E-state index in [1.165, 1.54) is 12.1 Å². The molecule has 3 rings (SSSR count). The van der Waals surface area contributed by atoms with E-state index in [9.17, 15) is 9.18 Å². The first-order valence-corrected chi connectivity index (χ1v) is 7.20. The number of carbonyl (C=O) groups excluding carboxylic acids is 1. The van der Waals surface area contributed by atoms with E-state index in [2.05, 4.69) is 10.5 Å². The highest BCUT2D eigenvalue weighted by Gasteiger charge is 2.16. The van der Waals surface area contributed by atoms with Crippen molar-refractivity contribution < 1.29 is 18.7 Å². The molecule has 0 spiro atoms. The molecule has 0 atom stereocenters. The summed E-state index contributed by atoms with van der Waals surface area (Å²) >= 11 is 0. The number of benzene rings is 2. The lowest BCUT2D eigenvalue weighted by molar-refractivity contribution is 0.0954. The van der Waals surface area contributed by atoms with Crippen LogP contribution in [0, 0.1) is 5.82 Å². The summed E-state index contributed by atoms with van der Waals surface area (Å²) in [5.74, 6) is 0.492. The van der Waals surface area contributed by atoms with Crippen LogP contribution in [0.2, 0.25) is 0 Å². The summed E-state index contributed by atoms with van der Waals surface area (Å²) in [5, 5.41) is 4.13. The first-order valence-electron chi connectivity index (χ1n) is 7.20. The highest BCUT2D eigenvalue weighted by Crippen LogP contribution is 2.32. The van der Waals surface area contributed by atoms with Gasteiger partial charge in [-0.15, -0.1) is 0 Å². The number of fused-ring (bicyclic) bond motifs is 1. The number of nitrogens with one attached hydrogen (secondary N) is 1. The van der Waals surface area contributed by atoms with E-state index in [-0.39, 0.29) is 18.5 Å². The molecule has 0 aliphatic carbocycles. The molecule has 0 saturated heterocycles. The largest absolute Gasteiger partial charge is 0.454 e. The Kier molecular flexibility index (Phi) is 4.23. The quantitative estimate of drug-likeness (QED) is 0.697. The maximum atomic E-state index is 13.0. The van der Waals surface area contributed by atoms with Crippen molar-refractivity contribution in [2.75, 3.05) is 6.79 Å². The predicted molar refractivity (Wildman–Crippen MR) is 83.3 cm³/mol. The zero-order valence-corrected chi connectivity index (χ0v) is 12.5. The molecule has 0 fully saturated rings. The fourth-order valence-corrected chi connectivity index (χ4v) is 2.21. The van der Waals surface area contributed by atoms with Crippen molar-refractivity contribution in [2.45, 2.75) is 13.3 Å². The molecule has 23 heavy (non-hydrogen) atoms. The van der Waals surface area contributed by atoms with Crippen molar-refractivity contribution in [3.8, 4) is 11.5 Å². The third-order valence-electron chi connectivity index (χ3n) is 3.44. The monoisotopic (exact) mass is 314 g/mol. The van der Waals surface area contributed by atoms with Crippen LogP contribution >= 0.6 is 0 Å². The smallest absolute Gasteiger partial charge is 0.271 e. The maximum absolute atomic E-state index is 13.0. The van der Waals surface area contributed by atoms with Crippen molar-refractivity contribution >= 4 is 11.6 Å². The van der Waals surface area contributed by atoms with Gasteiger partial charge in [-0.25, -0.2) is 9.82 Å². The van der Waals surface area contributed by atoms with Crippen LogP contribution < -0.4 is 14.9 Å². The van der Waals surface area contributed by atoms with Crippen LogP contribution in [0.15, 0.2) is 47.6 Å². The van der Waals surface area contributed by atoms with Crippen molar-refractivity contribution in [3.63, 3.8) is 0 Å². The predicted octanol–water partition coefficient (Wildman–Crippen LogP) is 3.10. The molecule has 1 aliphatic heterocycles. The van der Waals surface area contributed by atoms with E-state index >= 15 is 0 Å².